The van der Waals surface area contributed by atoms with E-state index in [1.165, 1.54) is 0 Å². The number of hydrogen-bond donors (Lipinski definition) is 0. The van der Waals surface area contributed by atoms with E-state index in [4.69, 9.17) is 5.53 Å². The third-order valence-corrected chi connectivity index (χ3v) is 1.78. The van der Waals surface area contributed by atoms with Gasteiger partial charge in [0.25, 0.3) is 5.69 Å². The molecule has 0 aromatic heterocycles. The average Bonchev–Trinajstić information content (AvgIpc) is 2.28. The largest absolute Gasteiger partial charge is 0.285 e. The minimum Gasteiger partial charge on any atom is -0.258 e. The summed E-state index contributed by atoms with van der Waals surface area (Å²) in [5.41, 5.74) is 7.77. The predicted octanol–water partition coefficient (Wildman–Crippen LogP) is 2.79. The lowest BCUT2D eigenvalue weighted by molar-refractivity contribution is -0.385. The van der Waals surface area contributed by atoms with Gasteiger partial charge in [-0.15, -0.1) is 0 Å². The molecule has 0 aliphatic carbocycles. The summed E-state index contributed by atoms with van der Waals surface area (Å²) < 4.78 is 12.9. The first-order chi connectivity index (χ1) is 8.15. The third-order valence-electron chi connectivity index (χ3n) is 1.78. The second-order valence-corrected chi connectivity index (χ2v) is 2.92. The molecule has 1 aromatic rings. The van der Waals surface area contributed by atoms with E-state index in [0.717, 1.165) is 18.2 Å². The quantitative estimate of drug-likeness (QED) is 0.153. The highest BCUT2D eigenvalue weighted by Gasteiger charge is 2.11. The van der Waals surface area contributed by atoms with Crippen LogP contribution in [0.15, 0.2) is 23.3 Å². The van der Waals surface area contributed by atoms with Crippen molar-refractivity contribution in [2.45, 2.75) is 6.42 Å². The molecule has 0 unspecified atom stereocenters. The van der Waals surface area contributed by atoms with Gasteiger partial charge in [0.05, 0.1) is 4.92 Å². The highest BCUT2D eigenvalue weighted by molar-refractivity contribution is 5.50. The van der Waals surface area contributed by atoms with E-state index >= 15 is 0 Å². The fourth-order valence-electron chi connectivity index (χ4n) is 1.08. The molecule has 6 nitrogen and oxygen atoms in total. The van der Waals surface area contributed by atoms with Gasteiger partial charge in [0, 0.05) is 23.9 Å². The topological polar surface area (TPSA) is 91.9 Å². The lowest BCUT2D eigenvalue weighted by atomic mass is 10.2. The summed E-state index contributed by atoms with van der Waals surface area (Å²) in [6.45, 7) is 0.173. The molecule has 0 spiro atoms. The number of halogens is 1. The molecule has 0 aliphatic heterocycles. The van der Waals surface area contributed by atoms with E-state index in [0.29, 0.717) is 0 Å². The Hall–Kier alpha value is -2.58. The van der Waals surface area contributed by atoms with E-state index in [2.05, 4.69) is 21.9 Å². The molecule has 0 saturated carbocycles. The third kappa shape index (κ3) is 3.81. The number of benzene rings is 1. The van der Waals surface area contributed by atoms with Crippen molar-refractivity contribution in [2.24, 2.45) is 5.11 Å². The van der Waals surface area contributed by atoms with Crippen molar-refractivity contribution in [3.63, 3.8) is 0 Å². The lowest BCUT2D eigenvalue weighted by Gasteiger charge is -1.95. The van der Waals surface area contributed by atoms with E-state index in [-0.39, 0.29) is 24.2 Å². The van der Waals surface area contributed by atoms with Gasteiger partial charge in [-0.2, -0.15) is 0 Å². The van der Waals surface area contributed by atoms with Crippen molar-refractivity contribution in [3.8, 4) is 11.8 Å². The SMILES string of the molecule is [N-]=[N+]=NCCC#Cc1cc(F)ccc1[N+](=O)[O-]. The summed E-state index contributed by atoms with van der Waals surface area (Å²) >= 11 is 0. The number of nitrogens with zero attached hydrogens (tertiary/aromatic N) is 4. The van der Waals surface area contributed by atoms with Crippen LogP contribution in [0.4, 0.5) is 10.1 Å². The molecule has 7 heteroatoms. The molecule has 0 bridgehead atoms. The molecule has 0 amide bonds. The van der Waals surface area contributed by atoms with Crippen molar-refractivity contribution < 1.29 is 9.31 Å². The van der Waals surface area contributed by atoms with Crippen LogP contribution in [0.3, 0.4) is 0 Å². The van der Waals surface area contributed by atoms with Crippen LogP contribution in [0.2, 0.25) is 0 Å². The minimum absolute atomic E-state index is 0.0101. The first-order valence-corrected chi connectivity index (χ1v) is 4.59. The predicted molar refractivity (Wildman–Crippen MR) is 58.6 cm³/mol. The van der Waals surface area contributed by atoms with Gasteiger partial charge in [-0.05, 0) is 17.7 Å². The van der Waals surface area contributed by atoms with Crippen LogP contribution in [-0.2, 0) is 0 Å². The second-order valence-electron chi connectivity index (χ2n) is 2.92. The average molecular weight is 234 g/mol. The number of rotatable bonds is 3. The van der Waals surface area contributed by atoms with Crippen molar-refractivity contribution in [3.05, 3.63) is 50.1 Å². The fourth-order valence-corrected chi connectivity index (χ4v) is 1.08. The molecule has 17 heavy (non-hydrogen) atoms. The number of hydrogen-bond acceptors (Lipinski definition) is 3. The van der Waals surface area contributed by atoms with Crippen molar-refractivity contribution in [1.82, 2.24) is 0 Å². The monoisotopic (exact) mass is 234 g/mol. The minimum atomic E-state index is -0.628. The van der Waals surface area contributed by atoms with Crippen LogP contribution in [0.25, 0.3) is 10.4 Å². The van der Waals surface area contributed by atoms with Gasteiger partial charge in [0.15, 0.2) is 0 Å². The van der Waals surface area contributed by atoms with Gasteiger partial charge in [-0.3, -0.25) is 10.1 Å². The van der Waals surface area contributed by atoms with Gasteiger partial charge in [-0.25, -0.2) is 4.39 Å². The molecule has 0 radical (unpaired) electrons. The maximum absolute atomic E-state index is 12.9. The zero-order chi connectivity index (χ0) is 12.7. The Labute approximate surface area is 95.8 Å². The highest BCUT2D eigenvalue weighted by atomic mass is 19.1. The van der Waals surface area contributed by atoms with Gasteiger partial charge in [0.2, 0.25) is 0 Å². The van der Waals surface area contributed by atoms with Gasteiger partial charge >= 0.3 is 0 Å². The van der Waals surface area contributed by atoms with Gasteiger partial charge in [-0.1, -0.05) is 17.0 Å². The van der Waals surface area contributed by atoms with E-state index in [1.807, 2.05) is 0 Å². The Kier molecular flexibility index (Phi) is 4.48. The standard InChI is InChI=1S/C10H7FN4O2/c11-9-4-5-10(15(16)17)8(7-9)3-1-2-6-13-14-12/h4-5,7H,2,6H2. The maximum atomic E-state index is 12.9. The zero-order valence-electron chi connectivity index (χ0n) is 8.63. The van der Waals surface area contributed by atoms with E-state index < -0.39 is 10.7 Å². The van der Waals surface area contributed by atoms with Crippen LogP contribution in [0.5, 0.6) is 0 Å². The maximum Gasteiger partial charge on any atom is 0.285 e. The molecule has 0 atom stereocenters. The van der Waals surface area contributed by atoms with Gasteiger partial charge < -0.3 is 0 Å². The summed E-state index contributed by atoms with van der Waals surface area (Å²) in [6, 6.07) is 3.06. The summed E-state index contributed by atoms with van der Waals surface area (Å²) in [5, 5.41) is 13.9. The Balaban J connectivity index is 2.91. The molecule has 0 fully saturated rings. The molecule has 0 saturated heterocycles. The van der Waals surface area contributed by atoms with Crippen molar-refractivity contribution >= 4 is 5.69 Å². The summed E-state index contributed by atoms with van der Waals surface area (Å²) in [4.78, 5) is 12.5. The van der Waals surface area contributed by atoms with E-state index in [9.17, 15) is 14.5 Å². The molecule has 0 heterocycles. The Morgan fingerprint density at radius 3 is 3.00 bits per heavy atom. The highest BCUT2D eigenvalue weighted by Crippen LogP contribution is 2.18. The Bertz CT molecular complexity index is 541. The normalized spacial score (nSPS) is 8.76. The second kappa shape index (κ2) is 6.10. The zero-order valence-corrected chi connectivity index (χ0v) is 8.63. The number of nitro groups is 1. The van der Waals surface area contributed by atoms with Gasteiger partial charge in [0.1, 0.15) is 11.4 Å². The molecular formula is C10H7FN4O2. The number of azide groups is 1. The van der Waals surface area contributed by atoms with Crippen molar-refractivity contribution in [2.75, 3.05) is 6.54 Å². The van der Waals surface area contributed by atoms with Crippen LogP contribution < -0.4 is 0 Å². The van der Waals surface area contributed by atoms with E-state index in [1.54, 1.807) is 0 Å². The first kappa shape index (κ1) is 12.5. The van der Waals surface area contributed by atoms with Crippen molar-refractivity contribution in [1.29, 1.82) is 0 Å². The summed E-state index contributed by atoms with van der Waals surface area (Å²) in [5.74, 6) is 4.46. The Morgan fingerprint density at radius 1 is 1.59 bits per heavy atom. The lowest BCUT2D eigenvalue weighted by Crippen LogP contribution is -1.93. The molecule has 86 valence electrons. The molecule has 0 aliphatic rings. The molecule has 1 rings (SSSR count). The molecule has 0 N–H and O–H groups in total. The number of nitro benzene ring substituents is 1. The van der Waals surface area contributed by atoms with Crippen LogP contribution in [-0.4, -0.2) is 11.5 Å². The summed E-state index contributed by atoms with van der Waals surface area (Å²) in [7, 11) is 0. The molecule has 1 aromatic carbocycles. The van der Waals surface area contributed by atoms with Crippen LogP contribution >= 0.6 is 0 Å². The Morgan fingerprint density at radius 2 is 2.35 bits per heavy atom. The van der Waals surface area contributed by atoms with Crippen LogP contribution in [0, 0.1) is 27.8 Å². The summed E-state index contributed by atoms with van der Waals surface area (Å²) in [6.07, 6.45) is 0.262. The first-order valence-electron chi connectivity index (χ1n) is 4.59. The molecular weight excluding hydrogens is 227 g/mol. The van der Waals surface area contributed by atoms with Crippen LogP contribution in [0.1, 0.15) is 12.0 Å². The smallest absolute Gasteiger partial charge is 0.258 e. The fraction of sp³-hybridized carbons (Fsp3) is 0.200.